The van der Waals surface area contributed by atoms with Crippen molar-refractivity contribution >= 4 is 22.8 Å². The molecule has 0 unspecified atom stereocenters. The predicted octanol–water partition coefficient (Wildman–Crippen LogP) is 4.04. The molecule has 0 aliphatic carbocycles. The molecule has 0 radical (unpaired) electrons. The Labute approximate surface area is 146 Å². The van der Waals surface area contributed by atoms with Gasteiger partial charge in [0.15, 0.2) is 0 Å². The molecular weight excluding hydrogens is 314 g/mol. The molecule has 25 heavy (non-hydrogen) atoms. The summed E-state index contributed by atoms with van der Waals surface area (Å²) in [7, 11) is 1.65. The van der Waals surface area contributed by atoms with Gasteiger partial charge in [-0.25, -0.2) is 4.79 Å². The largest absolute Gasteiger partial charge is 0.497 e. The van der Waals surface area contributed by atoms with E-state index >= 15 is 0 Å². The lowest BCUT2D eigenvalue weighted by atomic mass is 10.1. The molecule has 4 nitrogen and oxygen atoms in total. The minimum absolute atomic E-state index is 0.340. The first-order valence-corrected chi connectivity index (χ1v) is 8.06. The first-order chi connectivity index (χ1) is 12.2. The lowest BCUT2D eigenvalue weighted by molar-refractivity contribution is -0.137. The number of benzene rings is 2. The van der Waals surface area contributed by atoms with Crippen molar-refractivity contribution < 1.29 is 14.3 Å². The summed E-state index contributed by atoms with van der Waals surface area (Å²) in [5.41, 5.74) is 1.99. The van der Waals surface area contributed by atoms with E-state index in [4.69, 9.17) is 9.47 Å². The second-order valence-corrected chi connectivity index (χ2v) is 5.58. The Morgan fingerprint density at radius 1 is 1.12 bits per heavy atom. The highest BCUT2D eigenvalue weighted by Gasteiger charge is 2.00. The second kappa shape index (κ2) is 8.11. The zero-order valence-corrected chi connectivity index (χ0v) is 14.0. The molecule has 0 amide bonds. The minimum atomic E-state index is -0.348. The Morgan fingerprint density at radius 3 is 2.76 bits per heavy atom. The molecule has 0 N–H and O–H groups in total. The van der Waals surface area contributed by atoms with E-state index in [1.54, 1.807) is 25.6 Å². The van der Waals surface area contributed by atoms with Crippen molar-refractivity contribution in [3.63, 3.8) is 0 Å². The van der Waals surface area contributed by atoms with Gasteiger partial charge in [0.05, 0.1) is 13.7 Å². The maximum atomic E-state index is 11.8. The third kappa shape index (κ3) is 4.67. The van der Waals surface area contributed by atoms with Gasteiger partial charge in [-0.15, -0.1) is 0 Å². The molecule has 4 heteroatoms. The highest BCUT2D eigenvalue weighted by atomic mass is 16.5. The molecule has 2 aromatic carbocycles. The van der Waals surface area contributed by atoms with Crippen LogP contribution in [0.5, 0.6) is 5.75 Å². The smallest absolute Gasteiger partial charge is 0.330 e. The monoisotopic (exact) mass is 333 g/mol. The fourth-order valence-electron chi connectivity index (χ4n) is 2.50. The van der Waals surface area contributed by atoms with Crippen LogP contribution in [0.25, 0.3) is 16.8 Å². The van der Waals surface area contributed by atoms with Crippen LogP contribution in [0.2, 0.25) is 0 Å². The molecule has 0 bridgehead atoms. The number of rotatable bonds is 6. The van der Waals surface area contributed by atoms with Gasteiger partial charge in [-0.1, -0.05) is 24.3 Å². The molecule has 0 aliphatic heterocycles. The maximum absolute atomic E-state index is 11.8. The van der Waals surface area contributed by atoms with Crippen molar-refractivity contribution in [1.82, 2.24) is 4.98 Å². The lowest BCUT2D eigenvalue weighted by Gasteiger charge is -2.04. The van der Waals surface area contributed by atoms with Crippen molar-refractivity contribution in [1.29, 1.82) is 0 Å². The molecule has 0 fully saturated rings. The SMILES string of the molecule is COc1ccc2cc(/C=C/C(=O)OCCc3cccnc3)ccc2c1. The molecule has 0 saturated carbocycles. The van der Waals surface area contributed by atoms with Gasteiger partial charge >= 0.3 is 5.97 Å². The summed E-state index contributed by atoms with van der Waals surface area (Å²) in [6.45, 7) is 0.340. The molecule has 3 rings (SSSR count). The van der Waals surface area contributed by atoms with Crippen LogP contribution >= 0.6 is 0 Å². The maximum Gasteiger partial charge on any atom is 0.330 e. The Morgan fingerprint density at radius 2 is 1.96 bits per heavy atom. The zero-order valence-electron chi connectivity index (χ0n) is 14.0. The Kier molecular flexibility index (Phi) is 5.42. The summed E-state index contributed by atoms with van der Waals surface area (Å²) < 4.78 is 10.4. The number of aromatic nitrogens is 1. The Bertz CT molecular complexity index is 888. The van der Waals surface area contributed by atoms with Crippen LogP contribution in [0.4, 0.5) is 0 Å². The number of carbonyl (C=O) groups excluding carboxylic acids is 1. The third-order valence-corrected chi connectivity index (χ3v) is 3.84. The quantitative estimate of drug-likeness (QED) is 0.504. The highest BCUT2D eigenvalue weighted by molar-refractivity contribution is 5.90. The molecule has 0 spiro atoms. The second-order valence-electron chi connectivity index (χ2n) is 5.58. The van der Waals surface area contributed by atoms with E-state index < -0.39 is 0 Å². The molecular formula is C21H19NO3. The summed E-state index contributed by atoms with van der Waals surface area (Å²) in [6.07, 6.45) is 7.36. The van der Waals surface area contributed by atoms with Gasteiger partial charge in [0.2, 0.25) is 0 Å². The van der Waals surface area contributed by atoms with Crippen LogP contribution in [0.1, 0.15) is 11.1 Å². The number of carbonyl (C=O) groups is 1. The number of hydrogen-bond donors (Lipinski definition) is 0. The molecule has 126 valence electrons. The van der Waals surface area contributed by atoms with Crippen LogP contribution in [-0.2, 0) is 16.0 Å². The standard InChI is InChI=1S/C21H19NO3/c1-24-20-8-7-18-13-16(4-6-19(18)14-20)5-9-21(23)25-12-10-17-3-2-11-22-15-17/h2-9,11,13-15H,10,12H2,1H3/b9-5+. The lowest BCUT2D eigenvalue weighted by Crippen LogP contribution is -2.04. The number of nitrogens with zero attached hydrogens (tertiary/aromatic N) is 1. The number of hydrogen-bond acceptors (Lipinski definition) is 4. The third-order valence-electron chi connectivity index (χ3n) is 3.84. The van der Waals surface area contributed by atoms with Gasteiger partial charge in [0.25, 0.3) is 0 Å². The molecule has 1 aromatic heterocycles. The van der Waals surface area contributed by atoms with Gasteiger partial charge < -0.3 is 9.47 Å². The van der Waals surface area contributed by atoms with Crippen LogP contribution in [0.3, 0.4) is 0 Å². The molecule has 0 aliphatic rings. The number of pyridine rings is 1. The van der Waals surface area contributed by atoms with E-state index in [9.17, 15) is 4.79 Å². The van der Waals surface area contributed by atoms with Crippen molar-refractivity contribution in [3.05, 3.63) is 78.1 Å². The zero-order chi connectivity index (χ0) is 17.5. The van der Waals surface area contributed by atoms with E-state index in [1.165, 1.54) is 6.08 Å². The van der Waals surface area contributed by atoms with Crippen LogP contribution in [0, 0.1) is 0 Å². The summed E-state index contributed by atoms with van der Waals surface area (Å²) in [4.78, 5) is 15.8. The molecule has 0 saturated heterocycles. The van der Waals surface area contributed by atoms with Gasteiger partial charge in [0.1, 0.15) is 5.75 Å². The molecule has 0 atom stereocenters. The van der Waals surface area contributed by atoms with Crippen LogP contribution < -0.4 is 4.74 Å². The van der Waals surface area contributed by atoms with E-state index in [2.05, 4.69) is 4.98 Å². The summed E-state index contributed by atoms with van der Waals surface area (Å²) >= 11 is 0. The van der Waals surface area contributed by atoms with Gasteiger partial charge in [0, 0.05) is 24.9 Å². The fourth-order valence-corrected chi connectivity index (χ4v) is 2.50. The number of fused-ring (bicyclic) bond motifs is 1. The summed E-state index contributed by atoms with van der Waals surface area (Å²) in [6, 6.07) is 15.7. The van der Waals surface area contributed by atoms with E-state index in [1.807, 2.05) is 48.5 Å². The predicted molar refractivity (Wildman–Crippen MR) is 98.4 cm³/mol. The van der Waals surface area contributed by atoms with Crippen molar-refractivity contribution in [2.75, 3.05) is 13.7 Å². The van der Waals surface area contributed by atoms with Crippen LogP contribution in [-0.4, -0.2) is 24.7 Å². The fraction of sp³-hybridized carbons (Fsp3) is 0.143. The summed E-state index contributed by atoms with van der Waals surface area (Å²) in [5, 5.41) is 2.18. The summed E-state index contributed by atoms with van der Waals surface area (Å²) in [5.74, 6) is 0.478. The normalized spacial score (nSPS) is 10.9. The van der Waals surface area contributed by atoms with E-state index in [0.717, 1.165) is 27.6 Å². The average Bonchev–Trinajstić information content (AvgIpc) is 2.66. The number of ether oxygens (including phenoxy) is 2. The first kappa shape index (κ1) is 16.7. The Hall–Kier alpha value is -3.14. The number of esters is 1. The van der Waals surface area contributed by atoms with E-state index in [0.29, 0.717) is 13.0 Å². The van der Waals surface area contributed by atoms with Crippen LogP contribution in [0.15, 0.2) is 67.0 Å². The van der Waals surface area contributed by atoms with Crippen molar-refractivity contribution in [2.24, 2.45) is 0 Å². The van der Waals surface area contributed by atoms with E-state index in [-0.39, 0.29) is 5.97 Å². The molecule has 1 heterocycles. The van der Waals surface area contributed by atoms with Gasteiger partial charge in [-0.2, -0.15) is 0 Å². The van der Waals surface area contributed by atoms with Gasteiger partial charge in [-0.3, -0.25) is 4.98 Å². The average molecular weight is 333 g/mol. The minimum Gasteiger partial charge on any atom is -0.497 e. The highest BCUT2D eigenvalue weighted by Crippen LogP contribution is 2.22. The first-order valence-electron chi connectivity index (χ1n) is 8.06. The number of methoxy groups -OCH3 is 1. The van der Waals surface area contributed by atoms with Gasteiger partial charge in [-0.05, 0) is 52.2 Å². The van der Waals surface area contributed by atoms with Crippen molar-refractivity contribution in [3.8, 4) is 5.75 Å². The molecule has 3 aromatic rings. The Balaban J connectivity index is 1.57. The van der Waals surface area contributed by atoms with Crippen molar-refractivity contribution in [2.45, 2.75) is 6.42 Å². The topological polar surface area (TPSA) is 48.4 Å².